The van der Waals surface area contributed by atoms with Crippen molar-refractivity contribution in [2.75, 3.05) is 6.54 Å². The lowest BCUT2D eigenvalue weighted by Crippen LogP contribution is -2.27. The van der Waals surface area contributed by atoms with Gasteiger partial charge in [-0.1, -0.05) is 72.6 Å². The molecule has 0 radical (unpaired) electrons. The summed E-state index contributed by atoms with van der Waals surface area (Å²) >= 11 is 12.2. The molecular formula is C28H25Cl2F3N2O. The van der Waals surface area contributed by atoms with E-state index in [0.717, 1.165) is 46.1 Å². The van der Waals surface area contributed by atoms with Crippen LogP contribution in [-0.4, -0.2) is 17.4 Å². The highest BCUT2D eigenvalue weighted by atomic mass is 35.5. The maximum Gasteiger partial charge on any atom is 0.416 e. The number of aryl methyl sites for hydroxylation is 1. The van der Waals surface area contributed by atoms with E-state index in [1.807, 2.05) is 25.1 Å². The normalized spacial score (nSPS) is 12.6. The Kier molecular flexibility index (Phi) is 7.96. The van der Waals surface area contributed by atoms with Crippen LogP contribution in [0.1, 0.15) is 47.1 Å². The molecule has 3 nitrogen and oxygen atoms in total. The zero-order chi connectivity index (χ0) is 25.9. The molecule has 0 aliphatic rings. The quantitative estimate of drug-likeness (QED) is 0.237. The highest BCUT2D eigenvalue weighted by Gasteiger charge is 2.32. The van der Waals surface area contributed by atoms with E-state index in [0.29, 0.717) is 28.6 Å². The Balaban J connectivity index is 1.61. The topological polar surface area (TPSA) is 44.9 Å². The number of amides is 1. The van der Waals surface area contributed by atoms with E-state index in [9.17, 15) is 18.0 Å². The van der Waals surface area contributed by atoms with E-state index >= 15 is 0 Å². The van der Waals surface area contributed by atoms with Crippen molar-refractivity contribution in [2.45, 2.75) is 38.3 Å². The number of benzene rings is 3. The third-order valence-electron chi connectivity index (χ3n) is 6.33. The van der Waals surface area contributed by atoms with Crippen LogP contribution in [0.2, 0.25) is 10.0 Å². The summed E-state index contributed by atoms with van der Waals surface area (Å²) in [6, 6.07) is 16.3. The number of para-hydroxylation sites is 1. The van der Waals surface area contributed by atoms with E-state index in [4.69, 9.17) is 23.2 Å². The van der Waals surface area contributed by atoms with Crippen LogP contribution in [0.25, 0.3) is 10.9 Å². The SMILES string of the molecule is CCc1cccc2c([C@H](CC(=O)NCCc3ccc(Cl)cc3Cl)c3cccc(C(F)(F)F)c3)c[nH]c12. The Morgan fingerprint density at radius 1 is 1.03 bits per heavy atom. The van der Waals surface area contributed by atoms with Crippen molar-refractivity contribution in [3.8, 4) is 0 Å². The van der Waals surface area contributed by atoms with Crippen LogP contribution in [0, 0.1) is 0 Å². The van der Waals surface area contributed by atoms with E-state index in [1.165, 1.54) is 6.07 Å². The number of aromatic amines is 1. The van der Waals surface area contributed by atoms with E-state index in [1.54, 1.807) is 30.5 Å². The summed E-state index contributed by atoms with van der Waals surface area (Å²) in [6.07, 6.45) is -1.37. The van der Waals surface area contributed by atoms with Gasteiger partial charge in [-0.2, -0.15) is 13.2 Å². The number of halogens is 5. The fourth-order valence-corrected chi connectivity index (χ4v) is 4.98. The summed E-state index contributed by atoms with van der Waals surface area (Å²) in [5.41, 5.74) is 3.37. The molecule has 0 fully saturated rings. The molecule has 4 rings (SSSR count). The lowest BCUT2D eigenvalue weighted by molar-refractivity contribution is -0.137. The first kappa shape index (κ1) is 26.1. The van der Waals surface area contributed by atoms with Crippen LogP contribution in [0.4, 0.5) is 13.2 Å². The van der Waals surface area contributed by atoms with Crippen LogP contribution in [0.15, 0.2) is 66.9 Å². The molecule has 1 atom stereocenters. The van der Waals surface area contributed by atoms with E-state index < -0.39 is 17.7 Å². The molecule has 0 saturated carbocycles. The van der Waals surface area contributed by atoms with Gasteiger partial charge in [0, 0.05) is 46.0 Å². The Bertz CT molecular complexity index is 1380. The molecule has 0 bridgehead atoms. The summed E-state index contributed by atoms with van der Waals surface area (Å²) < 4.78 is 40.4. The number of carbonyl (C=O) groups excluding carboxylic acids is 1. The fourth-order valence-electron chi connectivity index (χ4n) is 4.48. The molecule has 36 heavy (non-hydrogen) atoms. The molecule has 0 unspecified atom stereocenters. The number of hydrogen-bond acceptors (Lipinski definition) is 1. The number of fused-ring (bicyclic) bond motifs is 1. The molecule has 2 N–H and O–H groups in total. The molecule has 0 saturated heterocycles. The molecule has 3 aromatic carbocycles. The summed E-state index contributed by atoms with van der Waals surface area (Å²) in [4.78, 5) is 16.3. The van der Waals surface area contributed by atoms with Crippen molar-refractivity contribution in [3.05, 3.63) is 105 Å². The zero-order valence-corrected chi connectivity index (χ0v) is 21.1. The van der Waals surface area contributed by atoms with Gasteiger partial charge < -0.3 is 10.3 Å². The number of nitrogens with one attached hydrogen (secondary N) is 2. The van der Waals surface area contributed by atoms with Crippen LogP contribution in [0.5, 0.6) is 0 Å². The Morgan fingerprint density at radius 3 is 2.53 bits per heavy atom. The average Bonchev–Trinajstić information content (AvgIpc) is 3.27. The molecule has 4 aromatic rings. The van der Waals surface area contributed by atoms with Gasteiger partial charge >= 0.3 is 6.18 Å². The number of carbonyl (C=O) groups is 1. The first-order chi connectivity index (χ1) is 17.2. The monoisotopic (exact) mass is 532 g/mol. The molecule has 1 amide bonds. The molecule has 1 aromatic heterocycles. The van der Waals surface area contributed by atoms with Gasteiger partial charge in [0.15, 0.2) is 0 Å². The van der Waals surface area contributed by atoms with Crippen molar-refractivity contribution >= 4 is 40.0 Å². The van der Waals surface area contributed by atoms with Gasteiger partial charge in [0.2, 0.25) is 5.91 Å². The number of alkyl halides is 3. The van der Waals surface area contributed by atoms with Crippen molar-refractivity contribution in [1.29, 1.82) is 0 Å². The first-order valence-corrected chi connectivity index (χ1v) is 12.4. The summed E-state index contributed by atoms with van der Waals surface area (Å²) in [6.45, 7) is 2.38. The largest absolute Gasteiger partial charge is 0.416 e. The van der Waals surface area contributed by atoms with Crippen molar-refractivity contribution < 1.29 is 18.0 Å². The van der Waals surface area contributed by atoms with Gasteiger partial charge in [0.05, 0.1) is 5.56 Å². The zero-order valence-electron chi connectivity index (χ0n) is 19.6. The second-order valence-corrected chi connectivity index (χ2v) is 9.50. The lowest BCUT2D eigenvalue weighted by Gasteiger charge is -2.19. The molecule has 8 heteroatoms. The number of hydrogen-bond donors (Lipinski definition) is 2. The van der Waals surface area contributed by atoms with Crippen molar-refractivity contribution in [1.82, 2.24) is 10.3 Å². The molecular weight excluding hydrogens is 508 g/mol. The summed E-state index contributed by atoms with van der Waals surface area (Å²) in [7, 11) is 0. The van der Waals surface area contributed by atoms with Gasteiger partial charge in [0.25, 0.3) is 0 Å². The molecule has 1 heterocycles. The van der Waals surface area contributed by atoms with Crippen LogP contribution >= 0.6 is 23.2 Å². The molecule has 0 aliphatic carbocycles. The molecule has 188 valence electrons. The Hall–Kier alpha value is -2.96. The van der Waals surface area contributed by atoms with Crippen molar-refractivity contribution in [3.63, 3.8) is 0 Å². The van der Waals surface area contributed by atoms with Crippen molar-refractivity contribution in [2.24, 2.45) is 0 Å². The maximum atomic E-state index is 13.5. The minimum absolute atomic E-state index is 0.00103. The maximum absolute atomic E-state index is 13.5. The van der Waals surface area contributed by atoms with Gasteiger partial charge in [-0.05, 0) is 53.3 Å². The van der Waals surface area contributed by atoms with E-state index in [-0.39, 0.29) is 12.3 Å². The minimum Gasteiger partial charge on any atom is -0.361 e. The summed E-state index contributed by atoms with van der Waals surface area (Å²) in [5.74, 6) is -0.823. The Morgan fingerprint density at radius 2 is 1.81 bits per heavy atom. The predicted molar refractivity (Wildman–Crippen MR) is 139 cm³/mol. The van der Waals surface area contributed by atoms with Gasteiger partial charge in [-0.25, -0.2) is 0 Å². The van der Waals surface area contributed by atoms with Crippen LogP contribution < -0.4 is 5.32 Å². The third-order valence-corrected chi connectivity index (χ3v) is 6.91. The highest BCUT2D eigenvalue weighted by molar-refractivity contribution is 6.35. The Labute approximate surface area is 217 Å². The molecule has 0 spiro atoms. The van der Waals surface area contributed by atoms with Gasteiger partial charge in [-0.15, -0.1) is 0 Å². The number of H-pyrrole nitrogens is 1. The lowest BCUT2D eigenvalue weighted by atomic mass is 9.86. The molecule has 0 aliphatic heterocycles. The average molecular weight is 533 g/mol. The fraction of sp³-hybridized carbons (Fsp3) is 0.250. The predicted octanol–water partition coefficient (Wildman–Crippen LogP) is 7.94. The van der Waals surface area contributed by atoms with Crippen LogP contribution in [0.3, 0.4) is 0 Å². The highest BCUT2D eigenvalue weighted by Crippen LogP contribution is 2.37. The smallest absolute Gasteiger partial charge is 0.361 e. The second kappa shape index (κ2) is 11.0. The number of rotatable bonds is 8. The third kappa shape index (κ3) is 5.88. The van der Waals surface area contributed by atoms with Gasteiger partial charge in [-0.3, -0.25) is 4.79 Å². The van der Waals surface area contributed by atoms with Gasteiger partial charge in [0.1, 0.15) is 0 Å². The minimum atomic E-state index is -4.48. The standard InChI is InChI=1S/C28H25Cl2F3N2O/c1-2-17-5-4-8-22-24(16-35-27(17)22)23(19-6-3-7-20(13-19)28(31,32)33)15-26(36)34-12-11-18-9-10-21(29)14-25(18)30/h3-10,13-14,16,23,35H,2,11-12,15H2,1H3,(H,34,36)/t23-/m1/s1. The second-order valence-electron chi connectivity index (χ2n) is 8.65. The first-order valence-electron chi connectivity index (χ1n) is 11.6. The summed E-state index contributed by atoms with van der Waals surface area (Å²) in [5, 5.41) is 4.84. The van der Waals surface area contributed by atoms with Crippen LogP contribution in [-0.2, 0) is 23.8 Å². The van der Waals surface area contributed by atoms with E-state index in [2.05, 4.69) is 10.3 Å². The number of aromatic nitrogens is 1.